The summed E-state index contributed by atoms with van der Waals surface area (Å²) in [5.74, 6) is 2.16. The molecule has 24 heteroatoms. The molecule has 4 unspecified atom stereocenters. The number of carbonyl (C=O) groups is 1. The number of amides is 1. The number of hydrogen-bond acceptors (Lipinski definition) is 17. The van der Waals surface area contributed by atoms with E-state index in [9.17, 15) is 44.1 Å². The highest BCUT2D eigenvalue weighted by Gasteiger charge is 2.50. The van der Waals surface area contributed by atoms with Crippen molar-refractivity contribution in [2.45, 2.75) is 60.7 Å². The molecule has 0 bridgehead atoms. The second-order valence-corrected chi connectivity index (χ2v) is 14.7. The molecule has 2 aliphatic heterocycles. The standard InChI is InChI=1S/C25H31N7O14P2S/c1-2-3-7-49-25-30-15-20(26)28-11-29-22(15)32(25)24-19(36)17(34)14(45-24)10-43-48(40,41)46-47(38,39)42-9-13-16(33)18(35)23(44-13)31-6-4-5-12(8-31)21(27)37/h1,4-6,8,11,13-14,16-19,23-24,33-36H,3,7,9-10H2,(H5-,26,27,28,29,37,38,39,40,41)/p+1/t13-,14+,16+,17?,18?,19-,23-,24+/m0/s1. The van der Waals surface area contributed by atoms with Crippen molar-refractivity contribution < 1.29 is 71.5 Å². The number of phosphoric ester groups is 2. The predicted octanol–water partition coefficient (Wildman–Crippen LogP) is -1.90. The number of rotatable bonds is 14. The summed E-state index contributed by atoms with van der Waals surface area (Å²) in [5, 5.41) is 42.6. The molecule has 2 saturated heterocycles. The highest BCUT2D eigenvalue weighted by Crippen LogP contribution is 2.60. The molecule has 1 amide bonds. The van der Waals surface area contributed by atoms with Crippen LogP contribution in [-0.2, 0) is 32.0 Å². The first kappa shape index (κ1) is 37.2. The van der Waals surface area contributed by atoms with Gasteiger partial charge in [0.25, 0.3) is 12.1 Å². The molecule has 21 nitrogen and oxygen atoms in total. The largest absolute Gasteiger partial charge is 0.481 e. The number of aliphatic hydroxyl groups is 4. The van der Waals surface area contributed by atoms with Crippen LogP contribution in [0.15, 0.2) is 36.0 Å². The van der Waals surface area contributed by atoms with Gasteiger partial charge in [-0.1, -0.05) is 11.8 Å². The van der Waals surface area contributed by atoms with Crippen molar-refractivity contribution in [3.05, 3.63) is 36.4 Å². The molecule has 49 heavy (non-hydrogen) atoms. The van der Waals surface area contributed by atoms with Crippen molar-refractivity contribution in [3.8, 4) is 12.3 Å². The topological polar surface area (TPSA) is 318 Å². The normalized spacial score (nSPS) is 29.4. The smallest absolute Gasteiger partial charge is 0.387 e. The van der Waals surface area contributed by atoms with Crippen LogP contribution in [0.5, 0.6) is 0 Å². The number of terminal acetylenes is 1. The van der Waals surface area contributed by atoms with E-state index in [0.29, 0.717) is 12.2 Å². The summed E-state index contributed by atoms with van der Waals surface area (Å²) in [6.07, 6.45) is -2.63. The Kier molecular flexibility index (Phi) is 11.4. The van der Waals surface area contributed by atoms with Crippen LogP contribution in [0.2, 0.25) is 0 Å². The third-order valence-corrected chi connectivity index (χ3v) is 10.8. The number of nitrogens with zero attached hydrogens (tertiary/aromatic N) is 5. The van der Waals surface area contributed by atoms with Crippen molar-refractivity contribution in [1.82, 2.24) is 19.5 Å². The van der Waals surface area contributed by atoms with Crippen molar-refractivity contribution in [2.24, 2.45) is 5.73 Å². The van der Waals surface area contributed by atoms with Crippen LogP contribution >= 0.6 is 27.4 Å². The van der Waals surface area contributed by atoms with Crippen LogP contribution in [0.4, 0.5) is 5.82 Å². The number of hydrogen-bond donors (Lipinski definition) is 8. The lowest BCUT2D eigenvalue weighted by Crippen LogP contribution is -2.46. The molecule has 10 atom stereocenters. The number of ether oxygens (including phenoxy) is 2. The summed E-state index contributed by atoms with van der Waals surface area (Å²) in [7, 11) is -10.8. The summed E-state index contributed by atoms with van der Waals surface area (Å²) in [5.41, 5.74) is 11.6. The minimum Gasteiger partial charge on any atom is -0.387 e. The van der Waals surface area contributed by atoms with Crippen LogP contribution in [0.25, 0.3) is 11.2 Å². The lowest BCUT2D eigenvalue weighted by Gasteiger charge is -2.20. The van der Waals surface area contributed by atoms with Crippen molar-refractivity contribution >= 4 is 50.3 Å². The van der Waals surface area contributed by atoms with Gasteiger partial charge >= 0.3 is 15.6 Å². The molecule has 10 N–H and O–H groups in total. The van der Waals surface area contributed by atoms with Crippen molar-refractivity contribution in [2.75, 3.05) is 24.7 Å². The summed E-state index contributed by atoms with van der Waals surface area (Å²) in [6, 6.07) is 2.83. The Bertz CT molecular complexity index is 1830. The lowest BCUT2D eigenvalue weighted by atomic mass is 10.1. The maximum absolute atomic E-state index is 12.6. The zero-order chi connectivity index (χ0) is 35.7. The van der Waals surface area contributed by atoms with Crippen LogP contribution in [0.1, 0.15) is 29.2 Å². The molecular weight excluding hydrogens is 716 g/mol. The molecule has 0 spiro atoms. The minimum atomic E-state index is -5.42. The van der Waals surface area contributed by atoms with Gasteiger partial charge in [-0.15, -0.1) is 12.3 Å². The summed E-state index contributed by atoms with van der Waals surface area (Å²) in [6.45, 7) is -1.84. The second-order valence-electron chi connectivity index (χ2n) is 10.6. The Morgan fingerprint density at radius 3 is 2.37 bits per heavy atom. The van der Waals surface area contributed by atoms with Crippen LogP contribution in [-0.4, -0.2) is 111 Å². The van der Waals surface area contributed by atoms with Gasteiger partial charge < -0.3 is 51.2 Å². The summed E-state index contributed by atoms with van der Waals surface area (Å²) >= 11 is 1.18. The Balaban J connectivity index is 1.20. The maximum atomic E-state index is 12.6. The van der Waals surface area contributed by atoms with Gasteiger partial charge in [0.15, 0.2) is 46.9 Å². The first-order valence-electron chi connectivity index (χ1n) is 14.2. The van der Waals surface area contributed by atoms with Crippen molar-refractivity contribution in [1.29, 1.82) is 0 Å². The number of nitrogens with two attached hydrogens (primary N) is 2. The van der Waals surface area contributed by atoms with E-state index in [4.69, 9.17) is 36.4 Å². The molecular formula is C25H32N7O14P2S+. The molecule has 0 radical (unpaired) electrons. The fourth-order valence-corrected chi connectivity index (χ4v) is 7.92. The maximum Gasteiger partial charge on any atom is 0.481 e. The third kappa shape index (κ3) is 8.28. The number of phosphoric acid groups is 2. The van der Waals surface area contributed by atoms with E-state index in [0.717, 1.165) is 6.33 Å². The Labute approximate surface area is 281 Å². The number of aromatic nitrogens is 5. The van der Waals surface area contributed by atoms with Crippen LogP contribution in [0, 0.1) is 12.3 Å². The van der Waals surface area contributed by atoms with Gasteiger partial charge in [0.1, 0.15) is 42.4 Å². The lowest BCUT2D eigenvalue weighted by molar-refractivity contribution is -0.765. The van der Waals surface area contributed by atoms with E-state index >= 15 is 0 Å². The van der Waals surface area contributed by atoms with E-state index < -0.39 is 83.8 Å². The Hall–Kier alpha value is -3.10. The second kappa shape index (κ2) is 15.0. The molecule has 266 valence electrons. The molecule has 0 saturated carbocycles. The first-order valence-corrected chi connectivity index (χ1v) is 18.1. The molecule has 5 heterocycles. The van der Waals surface area contributed by atoms with E-state index in [1.807, 2.05) is 0 Å². The molecule has 2 fully saturated rings. The number of carbonyl (C=O) groups excluding carboxylic acids is 1. The SMILES string of the molecule is C#CCCSc1nc2c(N)ncnc2n1[C@@H]1O[C@H](COP(=O)(O)OP(=O)(O)OC[C@@H]2O[C@H]([n+]3cccc(C(N)=O)c3)C(O)[C@@H]2O)C(O)[C@@H]1O. The fourth-order valence-electron chi connectivity index (χ4n) is 4.94. The molecule has 0 aliphatic carbocycles. The monoisotopic (exact) mass is 748 g/mol. The predicted molar refractivity (Wildman–Crippen MR) is 164 cm³/mol. The van der Waals surface area contributed by atoms with Gasteiger partial charge in [0.2, 0.25) is 0 Å². The number of imidazole rings is 1. The van der Waals surface area contributed by atoms with Gasteiger partial charge in [-0.3, -0.25) is 18.4 Å². The zero-order valence-electron chi connectivity index (χ0n) is 25.1. The number of aliphatic hydroxyl groups excluding tert-OH is 4. The minimum absolute atomic E-state index is 0.0309. The first-order chi connectivity index (χ1) is 23.1. The number of pyridine rings is 1. The molecule has 2 aliphatic rings. The highest BCUT2D eigenvalue weighted by molar-refractivity contribution is 7.99. The van der Waals surface area contributed by atoms with Gasteiger partial charge in [-0.25, -0.2) is 24.1 Å². The molecule has 3 aromatic rings. The number of primary amides is 1. The quantitative estimate of drug-likeness (QED) is 0.0293. The van der Waals surface area contributed by atoms with Gasteiger partial charge in [0.05, 0.1) is 13.2 Å². The van der Waals surface area contributed by atoms with E-state index in [-0.39, 0.29) is 27.7 Å². The Morgan fingerprint density at radius 2 is 1.71 bits per heavy atom. The van der Waals surface area contributed by atoms with Gasteiger partial charge in [-0.2, -0.15) is 8.88 Å². The summed E-state index contributed by atoms with van der Waals surface area (Å²) < 4.78 is 52.8. The average molecular weight is 749 g/mol. The van der Waals surface area contributed by atoms with Gasteiger partial charge in [-0.05, 0) is 6.07 Å². The number of fused-ring (bicyclic) bond motifs is 1. The number of thioether (sulfide) groups is 1. The third-order valence-electron chi connectivity index (χ3n) is 7.29. The average Bonchev–Trinajstić information content (AvgIpc) is 3.65. The molecule has 0 aromatic carbocycles. The van der Waals surface area contributed by atoms with Crippen LogP contribution < -0.4 is 16.0 Å². The fraction of sp³-hybridized carbons (Fsp3) is 0.480. The Morgan fingerprint density at radius 1 is 1.06 bits per heavy atom. The van der Waals surface area contributed by atoms with E-state index in [1.165, 1.54) is 45.4 Å². The number of anilines is 1. The van der Waals surface area contributed by atoms with E-state index in [1.54, 1.807) is 0 Å². The van der Waals surface area contributed by atoms with E-state index in [2.05, 4.69) is 25.2 Å². The molecule has 3 aromatic heterocycles. The highest BCUT2D eigenvalue weighted by atomic mass is 32.2. The summed E-state index contributed by atoms with van der Waals surface area (Å²) in [4.78, 5) is 44.2. The van der Waals surface area contributed by atoms with Crippen molar-refractivity contribution in [3.63, 3.8) is 0 Å². The zero-order valence-corrected chi connectivity index (χ0v) is 27.7. The number of nitrogen functional groups attached to an aromatic ring is 1. The molecule has 5 rings (SSSR count). The van der Waals surface area contributed by atoms with Gasteiger partial charge in [0, 0.05) is 18.2 Å². The van der Waals surface area contributed by atoms with Crippen LogP contribution in [0.3, 0.4) is 0 Å².